The summed E-state index contributed by atoms with van der Waals surface area (Å²) in [4.78, 5) is 11.3. The lowest BCUT2D eigenvalue weighted by Gasteiger charge is -2.21. The summed E-state index contributed by atoms with van der Waals surface area (Å²) in [5, 5.41) is 2.84. The van der Waals surface area contributed by atoms with Gasteiger partial charge in [0.05, 0.1) is 18.5 Å². The first kappa shape index (κ1) is 16.8. The van der Waals surface area contributed by atoms with Gasteiger partial charge in [0, 0.05) is 19.6 Å². The highest BCUT2D eigenvalue weighted by atomic mass is 35.5. The zero-order valence-corrected chi connectivity index (χ0v) is 12.5. The standard InChI is InChI=1S/C14H20ClNO4/c1-11(17)16-13(9-19-10-18-2)12-5-3-4-6-14(12)20-8-7-15/h3-6,13H,7-10H2,1-2H3,(H,16,17)/t13-/m1/s1. The number of hydrogen-bond acceptors (Lipinski definition) is 4. The molecule has 5 nitrogen and oxygen atoms in total. The molecule has 6 heteroatoms. The van der Waals surface area contributed by atoms with Crippen molar-refractivity contribution in [3.8, 4) is 5.75 Å². The van der Waals surface area contributed by atoms with Crippen molar-refractivity contribution < 1.29 is 19.0 Å². The van der Waals surface area contributed by atoms with E-state index in [1.807, 2.05) is 24.3 Å². The van der Waals surface area contributed by atoms with Gasteiger partial charge in [0.1, 0.15) is 19.1 Å². The number of ether oxygens (including phenoxy) is 3. The van der Waals surface area contributed by atoms with Crippen LogP contribution < -0.4 is 10.1 Å². The number of rotatable bonds is 9. The summed E-state index contributed by atoms with van der Waals surface area (Å²) in [6.07, 6.45) is 0. The van der Waals surface area contributed by atoms with E-state index < -0.39 is 0 Å². The second-order valence-electron chi connectivity index (χ2n) is 4.11. The van der Waals surface area contributed by atoms with Gasteiger partial charge in [0.25, 0.3) is 0 Å². The third-order valence-corrected chi connectivity index (χ3v) is 2.65. The Labute approximate surface area is 124 Å². The topological polar surface area (TPSA) is 56.8 Å². The van der Waals surface area contributed by atoms with Gasteiger partial charge in [0.2, 0.25) is 5.91 Å². The number of benzene rings is 1. The summed E-state index contributed by atoms with van der Waals surface area (Å²) < 4.78 is 15.8. The number of alkyl halides is 1. The van der Waals surface area contributed by atoms with Crippen LogP contribution >= 0.6 is 11.6 Å². The molecule has 1 atom stereocenters. The molecule has 1 amide bonds. The molecule has 0 aliphatic rings. The number of carbonyl (C=O) groups excluding carboxylic acids is 1. The molecule has 0 heterocycles. The first-order valence-electron chi connectivity index (χ1n) is 6.30. The molecular weight excluding hydrogens is 282 g/mol. The summed E-state index contributed by atoms with van der Waals surface area (Å²) >= 11 is 5.63. The Hall–Kier alpha value is -1.30. The SMILES string of the molecule is COCOC[C@@H](NC(C)=O)c1ccccc1OCCCl. The highest BCUT2D eigenvalue weighted by Crippen LogP contribution is 2.25. The Morgan fingerprint density at radius 3 is 2.80 bits per heavy atom. The maximum Gasteiger partial charge on any atom is 0.217 e. The van der Waals surface area contributed by atoms with Crippen LogP contribution in [0.3, 0.4) is 0 Å². The van der Waals surface area contributed by atoms with Gasteiger partial charge in [-0.15, -0.1) is 11.6 Å². The summed E-state index contributed by atoms with van der Waals surface area (Å²) in [7, 11) is 1.55. The van der Waals surface area contributed by atoms with E-state index in [0.29, 0.717) is 24.8 Å². The zero-order chi connectivity index (χ0) is 14.8. The van der Waals surface area contributed by atoms with E-state index in [0.717, 1.165) is 5.56 Å². The van der Waals surface area contributed by atoms with E-state index in [1.54, 1.807) is 7.11 Å². The Balaban J connectivity index is 2.84. The molecule has 112 valence electrons. The van der Waals surface area contributed by atoms with E-state index in [4.69, 9.17) is 25.8 Å². The van der Waals surface area contributed by atoms with Crippen molar-refractivity contribution in [2.24, 2.45) is 0 Å². The number of amides is 1. The Kier molecular flexibility index (Phi) is 8.02. The highest BCUT2D eigenvalue weighted by molar-refractivity contribution is 6.18. The fourth-order valence-corrected chi connectivity index (χ4v) is 1.83. The smallest absolute Gasteiger partial charge is 0.217 e. The molecule has 0 saturated heterocycles. The van der Waals surface area contributed by atoms with Gasteiger partial charge in [-0.25, -0.2) is 0 Å². The molecule has 0 aliphatic carbocycles. The van der Waals surface area contributed by atoms with Crippen LogP contribution in [-0.2, 0) is 14.3 Å². The summed E-state index contributed by atoms with van der Waals surface area (Å²) in [6.45, 7) is 2.34. The van der Waals surface area contributed by atoms with Gasteiger partial charge >= 0.3 is 0 Å². The zero-order valence-electron chi connectivity index (χ0n) is 11.7. The molecule has 0 aliphatic heterocycles. The van der Waals surface area contributed by atoms with E-state index in [2.05, 4.69) is 5.32 Å². The molecule has 20 heavy (non-hydrogen) atoms. The number of para-hydroxylation sites is 1. The lowest BCUT2D eigenvalue weighted by Crippen LogP contribution is -2.30. The molecule has 1 aromatic rings. The van der Waals surface area contributed by atoms with Crippen LogP contribution in [0.25, 0.3) is 0 Å². The van der Waals surface area contributed by atoms with Crippen LogP contribution in [0.4, 0.5) is 0 Å². The van der Waals surface area contributed by atoms with Crippen LogP contribution in [0.1, 0.15) is 18.5 Å². The molecule has 1 rings (SSSR count). The van der Waals surface area contributed by atoms with Crippen LogP contribution in [0.2, 0.25) is 0 Å². The van der Waals surface area contributed by atoms with Crippen molar-refractivity contribution in [1.29, 1.82) is 0 Å². The van der Waals surface area contributed by atoms with Crippen molar-refractivity contribution in [2.75, 3.05) is 33.0 Å². The normalized spacial score (nSPS) is 11.9. The minimum atomic E-state index is -0.297. The van der Waals surface area contributed by atoms with Gasteiger partial charge in [-0.1, -0.05) is 18.2 Å². The van der Waals surface area contributed by atoms with Crippen molar-refractivity contribution in [3.63, 3.8) is 0 Å². The summed E-state index contributed by atoms with van der Waals surface area (Å²) in [5.41, 5.74) is 0.851. The monoisotopic (exact) mass is 301 g/mol. The first-order valence-corrected chi connectivity index (χ1v) is 6.84. The fraction of sp³-hybridized carbons (Fsp3) is 0.500. The Morgan fingerprint density at radius 2 is 2.15 bits per heavy atom. The van der Waals surface area contributed by atoms with Crippen molar-refractivity contribution in [2.45, 2.75) is 13.0 Å². The molecule has 0 unspecified atom stereocenters. The highest BCUT2D eigenvalue weighted by Gasteiger charge is 2.17. The number of halogens is 1. The Bertz CT molecular complexity index is 414. The van der Waals surface area contributed by atoms with E-state index in [1.165, 1.54) is 6.92 Å². The number of methoxy groups -OCH3 is 1. The van der Waals surface area contributed by atoms with Crippen LogP contribution in [0.5, 0.6) is 5.75 Å². The van der Waals surface area contributed by atoms with E-state index in [9.17, 15) is 4.79 Å². The second kappa shape index (κ2) is 9.58. The number of nitrogens with one attached hydrogen (secondary N) is 1. The summed E-state index contributed by atoms with van der Waals surface area (Å²) in [6, 6.07) is 7.18. The second-order valence-corrected chi connectivity index (χ2v) is 4.48. The van der Waals surface area contributed by atoms with Gasteiger partial charge in [0.15, 0.2) is 0 Å². The lowest BCUT2D eigenvalue weighted by atomic mass is 10.1. The van der Waals surface area contributed by atoms with Crippen LogP contribution in [0, 0.1) is 0 Å². The van der Waals surface area contributed by atoms with Crippen molar-refractivity contribution in [1.82, 2.24) is 5.32 Å². The molecule has 0 aromatic heterocycles. The third kappa shape index (κ3) is 5.77. The predicted molar refractivity (Wildman–Crippen MR) is 77.0 cm³/mol. The predicted octanol–water partition coefficient (Wildman–Crippen LogP) is 2.10. The maximum atomic E-state index is 11.3. The Morgan fingerprint density at radius 1 is 1.40 bits per heavy atom. The van der Waals surface area contributed by atoms with Crippen LogP contribution in [0.15, 0.2) is 24.3 Å². The van der Waals surface area contributed by atoms with E-state index in [-0.39, 0.29) is 18.7 Å². The van der Waals surface area contributed by atoms with Crippen molar-refractivity contribution in [3.05, 3.63) is 29.8 Å². The minimum Gasteiger partial charge on any atom is -0.492 e. The van der Waals surface area contributed by atoms with Crippen LogP contribution in [-0.4, -0.2) is 38.9 Å². The number of hydrogen-bond donors (Lipinski definition) is 1. The molecule has 0 radical (unpaired) electrons. The largest absolute Gasteiger partial charge is 0.492 e. The van der Waals surface area contributed by atoms with E-state index >= 15 is 0 Å². The third-order valence-electron chi connectivity index (χ3n) is 2.49. The number of carbonyl (C=O) groups is 1. The molecule has 1 aromatic carbocycles. The first-order chi connectivity index (χ1) is 9.69. The summed E-state index contributed by atoms with van der Waals surface area (Å²) in [5.74, 6) is 0.954. The van der Waals surface area contributed by atoms with Gasteiger partial charge in [-0.2, -0.15) is 0 Å². The quantitative estimate of drug-likeness (QED) is 0.431. The minimum absolute atomic E-state index is 0.136. The maximum absolute atomic E-state index is 11.3. The average molecular weight is 302 g/mol. The molecule has 0 bridgehead atoms. The van der Waals surface area contributed by atoms with Gasteiger partial charge in [-0.3, -0.25) is 4.79 Å². The molecule has 0 fully saturated rings. The molecule has 1 N–H and O–H groups in total. The van der Waals surface area contributed by atoms with Gasteiger partial charge in [-0.05, 0) is 6.07 Å². The van der Waals surface area contributed by atoms with Crippen molar-refractivity contribution >= 4 is 17.5 Å². The average Bonchev–Trinajstić information content (AvgIpc) is 2.44. The molecular formula is C14H20ClNO4. The molecule has 0 saturated carbocycles. The fourth-order valence-electron chi connectivity index (χ4n) is 1.75. The van der Waals surface area contributed by atoms with Gasteiger partial charge < -0.3 is 19.5 Å². The lowest BCUT2D eigenvalue weighted by molar-refractivity contribution is -0.120. The molecule has 0 spiro atoms.